The maximum absolute atomic E-state index is 13.0. The van der Waals surface area contributed by atoms with Crippen molar-refractivity contribution in [2.75, 3.05) is 25.7 Å². The minimum Gasteiger partial charge on any atom is -0.493 e. The topological polar surface area (TPSA) is 72.9 Å². The molecule has 30 heavy (non-hydrogen) atoms. The molecule has 1 aliphatic rings. The van der Waals surface area contributed by atoms with Gasteiger partial charge in [-0.2, -0.15) is 0 Å². The van der Waals surface area contributed by atoms with Crippen molar-refractivity contribution in [3.05, 3.63) is 64.7 Å². The smallest absolute Gasteiger partial charge is 0.247 e. The fraction of sp³-hybridized carbons (Fsp3) is 0.318. The number of methoxy groups -OCH3 is 2. The van der Waals surface area contributed by atoms with E-state index in [1.807, 2.05) is 18.2 Å². The number of nitrogens with zero attached hydrogens (tertiary/aromatic N) is 1. The Hall–Kier alpha value is -2.51. The molecule has 1 amide bonds. The molecule has 1 heterocycles. The summed E-state index contributed by atoms with van der Waals surface area (Å²) in [6.07, 6.45) is 3.59. The second-order valence-corrected chi connectivity index (χ2v) is 9.76. The summed E-state index contributed by atoms with van der Waals surface area (Å²) in [5.41, 5.74) is 1.66. The molecule has 2 aromatic carbocycles. The van der Waals surface area contributed by atoms with Gasteiger partial charge in [0.1, 0.15) is 0 Å². The van der Waals surface area contributed by atoms with E-state index in [2.05, 4.69) is 0 Å². The van der Waals surface area contributed by atoms with Crippen LogP contribution in [0.3, 0.4) is 0 Å². The Labute approximate surface area is 182 Å². The average Bonchev–Trinajstić information content (AvgIpc) is 3.10. The summed E-state index contributed by atoms with van der Waals surface area (Å²) in [4.78, 5) is 14.6. The number of hydrogen-bond acceptors (Lipinski definition) is 5. The molecule has 0 aliphatic carbocycles. The van der Waals surface area contributed by atoms with E-state index >= 15 is 0 Å². The van der Waals surface area contributed by atoms with Gasteiger partial charge in [0.15, 0.2) is 21.3 Å². The minimum absolute atomic E-state index is 0.0270. The maximum Gasteiger partial charge on any atom is 0.247 e. The molecule has 2 aromatic rings. The van der Waals surface area contributed by atoms with E-state index in [1.165, 1.54) is 6.08 Å². The largest absolute Gasteiger partial charge is 0.493 e. The standard InChI is InChI=1S/C22H24ClNO5S/c1-28-20-9-5-17(13-21(20)29-2)14-24(19-11-12-30(26,27)15-19)22(25)10-6-16-3-7-18(23)8-4-16/h3-10,13,19H,11-12,14-15H2,1-2H3/b10-6+/t19-/m1/s1. The lowest BCUT2D eigenvalue weighted by atomic mass is 10.1. The first kappa shape index (κ1) is 22.2. The molecule has 8 heteroatoms. The first-order valence-corrected chi connectivity index (χ1v) is 11.7. The Kier molecular flexibility index (Phi) is 7.05. The second-order valence-electron chi connectivity index (χ2n) is 7.10. The van der Waals surface area contributed by atoms with Crippen LogP contribution in [-0.2, 0) is 21.2 Å². The summed E-state index contributed by atoms with van der Waals surface area (Å²) in [6, 6.07) is 12.2. The molecule has 1 atom stereocenters. The van der Waals surface area contributed by atoms with E-state index in [4.69, 9.17) is 21.1 Å². The predicted molar refractivity (Wildman–Crippen MR) is 118 cm³/mol. The fourth-order valence-electron chi connectivity index (χ4n) is 3.42. The van der Waals surface area contributed by atoms with E-state index in [-0.39, 0.29) is 30.0 Å². The highest BCUT2D eigenvalue weighted by Gasteiger charge is 2.34. The normalized spacial score (nSPS) is 17.8. The van der Waals surface area contributed by atoms with Crippen LogP contribution in [0, 0.1) is 0 Å². The number of carbonyl (C=O) groups excluding carboxylic acids is 1. The van der Waals surface area contributed by atoms with E-state index in [0.29, 0.717) is 22.9 Å². The van der Waals surface area contributed by atoms with E-state index in [0.717, 1.165) is 11.1 Å². The third-order valence-corrected chi connectivity index (χ3v) is 7.02. The average molecular weight is 450 g/mol. The van der Waals surface area contributed by atoms with Crippen molar-refractivity contribution in [2.24, 2.45) is 0 Å². The Bertz CT molecular complexity index is 1030. The van der Waals surface area contributed by atoms with Gasteiger partial charge in [0, 0.05) is 23.7 Å². The van der Waals surface area contributed by atoms with E-state index in [9.17, 15) is 13.2 Å². The van der Waals surface area contributed by atoms with Gasteiger partial charge in [-0.1, -0.05) is 29.8 Å². The molecule has 0 saturated carbocycles. The number of halogens is 1. The molecule has 0 N–H and O–H groups in total. The van der Waals surface area contributed by atoms with Gasteiger partial charge in [0.05, 0.1) is 25.7 Å². The molecule has 1 aliphatic heterocycles. The Morgan fingerprint density at radius 3 is 2.43 bits per heavy atom. The first-order valence-electron chi connectivity index (χ1n) is 9.47. The van der Waals surface area contributed by atoms with Crippen LogP contribution in [0.4, 0.5) is 0 Å². The summed E-state index contributed by atoms with van der Waals surface area (Å²) in [6.45, 7) is 0.268. The molecule has 6 nitrogen and oxygen atoms in total. The maximum atomic E-state index is 13.0. The minimum atomic E-state index is -3.14. The van der Waals surface area contributed by atoms with Gasteiger partial charge in [-0.25, -0.2) is 8.42 Å². The Morgan fingerprint density at radius 2 is 1.83 bits per heavy atom. The van der Waals surface area contributed by atoms with Gasteiger partial charge >= 0.3 is 0 Å². The van der Waals surface area contributed by atoms with Crippen molar-refractivity contribution in [1.82, 2.24) is 4.90 Å². The highest BCUT2D eigenvalue weighted by molar-refractivity contribution is 7.91. The zero-order chi connectivity index (χ0) is 21.7. The Morgan fingerprint density at radius 1 is 1.13 bits per heavy atom. The summed E-state index contributed by atoms with van der Waals surface area (Å²) in [5, 5.41) is 0.615. The van der Waals surface area contributed by atoms with Crippen molar-refractivity contribution in [1.29, 1.82) is 0 Å². The molecule has 0 unspecified atom stereocenters. The second kappa shape index (κ2) is 9.53. The summed E-state index contributed by atoms with van der Waals surface area (Å²) in [7, 11) is -0.0405. The van der Waals surface area contributed by atoms with Crippen molar-refractivity contribution < 1.29 is 22.7 Å². The molecule has 0 aromatic heterocycles. The first-order chi connectivity index (χ1) is 14.3. The van der Waals surface area contributed by atoms with Crippen LogP contribution in [0.15, 0.2) is 48.5 Å². The van der Waals surface area contributed by atoms with Crippen molar-refractivity contribution >= 4 is 33.4 Å². The molecule has 0 bridgehead atoms. The molecule has 3 rings (SSSR count). The van der Waals surface area contributed by atoms with Gasteiger partial charge in [0.25, 0.3) is 0 Å². The Balaban J connectivity index is 1.85. The number of sulfone groups is 1. The zero-order valence-electron chi connectivity index (χ0n) is 16.9. The SMILES string of the molecule is COc1ccc(CN(C(=O)/C=C/c2ccc(Cl)cc2)[C@@H]2CCS(=O)(=O)C2)cc1OC. The van der Waals surface area contributed by atoms with Crippen molar-refractivity contribution in [3.8, 4) is 11.5 Å². The van der Waals surface area contributed by atoms with Gasteiger partial charge in [-0.15, -0.1) is 0 Å². The summed E-state index contributed by atoms with van der Waals surface area (Å²) >= 11 is 5.90. The number of amides is 1. The summed E-state index contributed by atoms with van der Waals surface area (Å²) in [5.74, 6) is 0.958. The number of hydrogen-bond donors (Lipinski definition) is 0. The molecule has 160 valence electrons. The van der Waals surface area contributed by atoms with Crippen LogP contribution in [-0.4, -0.2) is 51.0 Å². The monoisotopic (exact) mass is 449 g/mol. The lowest BCUT2D eigenvalue weighted by Crippen LogP contribution is -2.39. The number of benzene rings is 2. The molecule has 1 fully saturated rings. The predicted octanol–water partition coefficient (Wildman–Crippen LogP) is 3.59. The third-order valence-electron chi connectivity index (χ3n) is 5.02. The molecule has 0 radical (unpaired) electrons. The third kappa shape index (κ3) is 5.55. The van der Waals surface area contributed by atoms with Crippen LogP contribution in [0.2, 0.25) is 5.02 Å². The number of ether oxygens (including phenoxy) is 2. The molecule has 1 saturated heterocycles. The number of rotatable bonds is 7. The van der Waals surface area contributed by atoms with Crippen LogP contribution in [0.25, 0.3) is 6.08 Å². The molecular formula is C22H24ClNO5S. The van der Waals surface area contributed by atoms with Crippen molar-refractivity contribution in [3.63, 3.8) is 0 Å². The van der Waals surface area contributed by atoms with Crippen LogP contribution < -0.4 is 9.47 Å². The van der Waals surface area contributed by atoms with Crippen LogP contribution in [0.1, 0.15) is 17.5 Å². The van der Waals surface area contributed by atoms with Crippen molar-refractivity contribution in [2.45, 2.75) is 19.0 Å². The van der Waals surface area contributed by atoms with E-state index in [1.54, 1.807) is 49.5 Å². The van der Waals surface area contributed by atoms with Crippen LogP contribution >= 0.6 is 11.6 Å². The molecule has 0 spiro atoms. The zero-order valence-corrected chi connectivity index (χ0v) is 18.4. The fourth-order valence-corrected chi connectivity index (χ4v) is 5.28. The number of carbonyl (C=O) groups is 1. The van der Waals surface area contributed by atoms with Gasteiger partial charge < -0.3 is 14.4 Å². The van der Waals surface area contributed by atoms with Gasteiger partial charge in [-0.05, 0) is 47.9 Å². The lowest BCUT2D eigenvalue weighted by molar-refractivity contribution is -0.128. The van der Waals surface area contributed by atoms with Crippen LogP contribution in [0.5, 0.6) is 11.5 Å². The highest BCUT2D eigenvalue weighted by Crippen LogP contribution is 2.29. The quantitative estimate of drug-likeness (QED) is 0.604. The summed E-state index contributed by atoms with van der Waals surface area (Å²) < 4.78 is 34.6. The lowest BCUT2D eigenvalue weighted by Gasteiger charge is -2.27. The van der Waals surface area contributed by atoms with Gasteiger partial charge in [0.2, 0.25) is 5.91 Å². The van der Waals surface area contributed by atoms with Gasteiger partial charge in [-0.3, -0.25) is 4.79 Å². The highest BCUT2D eigenvalue weighted by atomic mass is 35.5. The molecular weight excluding hydrogens is 426 g/mol. The van der Waals surface area contributed by atoms with E-state index < -0.39 is 9.84 Å².